The number of aryl methyl sites for hydroxylation is 1. The van der Waals surface area contributed by atoms with Crippen molar-refractivity contribution in [2.24, 2.45) is 7.05 Å². The average Bonchev–Trinajstić information content (AvgIpc) is 3.18. The van der Waals surface area contributed by atoms with E-state index in [-0.39, 0.29) is 17.4 Å². The van der Waals surface area contributed by atoms with Crippen molar-refractivity contribution in [1.82, 2.24) is 30.4 Å². The van der Waals surface area contributed by atoms with Crippen molar-refractivity contribution in [3.05, 3.63) is 40.6 Å². The van der Waals surface area contributed by atoms with Crippen LogP contribution in [-0.2, 0) is 21.4 Å². The minimum atomic E-state index is -1.17. The van der Waals surface area contributed by atoms with E-state index in [0.29, 0.717) is 27.3 Å². The second kappa shape index (κ2) is 9.73. The highest BCUT2D eigenvalue weighted by atomic mass is 35.5. The van der Waals surface area contributed by atoms with Gasteiger partial charge in [0.2, 0.25) is 11.1 Å². The molecule has 2 aliphatic heterocycles. The van der Waals surface area contributed by atoms with Gasteiger partial charge in [-0.15, -0.1) is 28.6 Å². The van der Waals surface area contributed by atoms with Gasteiger partial charge in [-0.2, -0.15) is 0 Å². The summed E-state index contributed by atoms with van der Waals surface area (Å²) in [6.45, 7) is 0. The molecule has 168 valence electrons. The van der Waals surface area contributed by atoms with Crippen LogP contribution in [0.1, 0.15) is 0 Å². The SMILES string of the molecule is Cn1nnnc1SCC1=C(C(=O)O)N2C(=O)C(NC(=O)CSc3cccc(Cl)c3)[C@H]2SC1. The Labute approximate surface area is 200 Å². The van der Waals surface area contributed by atoms with Crippen molar-refractivity contribution in [2.45, 2.75) is 21.5 Å². The Morgan fingerprint density at radius 2 is 2.19 bits per heavy atom. The Hall–Kier alpha value is -2.22. The summed E-state index contributed by atoms with van der Waals surface area (Å²) in [5.74, 6) is -1.01. The van der Waals surface area contributed by atoms with Crippen LogP contribution in [0.25, 0.3) is 0 Å². The smallest absolute Gasteiger partial charge is 0.352 e. The number of aliphatic carboxylic acids is 1. The van der Waals surface area contributed by atoms with E-state index in [1.54, 1.807) is 25.2 Å². The molecular weight excluding hydrogens is 496 g/mol. The van der Waals surface area contributed by atoms with Gasteiger partial charge in [0.25, 0.3) is 5.91 Å². The van der Waals surface area contributed by atoms with Gasteiger partial charge in [0, 0.05) is 28.5 Å². The van der Waals surface area contributed by atoms with Crippen LogP contribution in [0.15, 0.2) is 45.6 Å². The number of β-lactam (4-membered cyclic amide) rings is 1. The van der Waals surface area contributed by atoms with E-state index in [1.807, 2.05) is 6.07 Å². The molecule has 2 atom stereocenters. The topological polar surface area (TPSA) is 130 Å². The Bertz CT molecular complexity index is 1110. The number of carbonyl (C=O) groups excluding carboxylic acids is 2. The molecule has 0 radical (unpaired) electrons. The lowest BCUT2D eigenvalue weighted by Crippen LogP contribution is -2.70. The van der Waals surface area contributed by atoms with E-state index in [0.717, 1.165) is 4.90 Å². The number of thioether (sulfide) groups is 3. The molecule has 1 aromatic carbocycles. The van der Waals surface area contributed by atoms with Gasteiger partial charge in [0.05, 0.1) is 5.75 Å². The van der Waals surface area contributed by atoms with E-state index in [2.05, 4.69) is 20.8 Å². The van der Waals surface area contributed by atoms with Crippen LogP contribution in [0.2, 0.25) is 5.02 Å². The van der Waals surface area contributed by atoms with Gasteiger partial charge in [-0.25, -0.2) is 9.48 Å². The molecule has 1 fully saturated rings. The zero-order valence-electron chi connectivity index (χ0n) is 16.6. The first kappa shape index (κ1) is 23.0. The fourth-order valence-electron chi connectivity index (χ4n) is 3.21. The van der Waals surface area contributed by atoms with Gasteiger partial charge in [-0.1, -0.05) is 29.4 Å². The molecule has 0 saturated carbocycles. The van der Waals surface area contributed by atoms with Crippen molar-refractivity contribution < 1.29 is 19.5 Å². The van der Waals surface area contributed by atoms with Crippen LogP contribution in [0, 0.1) is 0 Å². The molecule has 2 aliphatic rings. The summed E-state index contributed by atoms with van der Waals surface area (Å²) >= 11 is 9.99. The first-order valence-corrected chi connectivity index (χ1v) is 12.7. The number of nitrogens with zero attached hydrogens (tertiary/aromatic N) is 5. The lowest BCUT2D eigenvalue weighted by Gasteiger charge is -2.49. The van der Waals surface area contributed by atoms with Gasteiger partial charge in [-0.05, 0) is 34.2 Å². The molecule has 3 heterocycles. The van der Waals surface area contributed by atoms with E-state index in [4.69, 9.17) is 11.6 Å². The number of rotatable bonds is 8. The maximum atomic E-state index is 12.7. The first-order valence-electron chi connectivity index (χ1n) is 9.28. The fraction of sp³-hybridized carbons (Fsp3) is 0.333. The Balaban J connectivity index is 1.38. The highest BCUT2D eigenvalue weighted by Crippen LogP contribution is 2.41. The molecule has 1 saturated heterocycles. The van der Waals surface area contributed by atoms with E-state index < -0.39 is 23.3 Å². The number of benzene rings is 1. The number of carboxylic acids is 1. The molecule has 4 rings (SSSR count). The monoisotopic (exact) mass is 512 g/mol. The number of amides is 2. The zero-order chi connectivity index (χ0) is 22.8. The van der Waals surface area contributed by atoms with Crippen molar-refractivity contribution >= 4 is 64.7 Å². The normalized spacial score (nSPS) is 20.1. The Kier molecular flexibility index (Phi) is 6.98. The van der Waals surface area contributed by atoms with Crippen LogP contribution in [0.5, 0.6) is 0 Å². The van der Waals surface area contributed by atoms with Crippen molar-refractivity contribution in [3.63, 3.8) is 0 Å². The Morgan fingerprint density at radius 3 is 2.88 bits per heavy atom. The van der Waals surface area contributed by atoms with Gasteiger partial charge in [0.1, 0.15) is 17.1 Å². The number of hydrogen-bond donors (Lipinski definition) is 2. The van der Waals surface area contributed by atoms with Gasteiger partial charge >= 0.3 is 5.97 Å². The summed E-state index contributed by atoms with van der Waals surface area (Å²) < 4.78 is 1.49. The summed E-state index contributed by atoms with van der Waals surface area (Å²) in [7, 11) is 1.69. The number of halogens is 1. The molecular formula is C18H17ClN6O4S3. The predicted molar refractivity (Wildman–Crippen MR) is 121 cm³/mol. The maximum Gasteiger partial charge on any atom is 0.352 e. The van der Waals surface area contributed by atoms with E-state index in [1.165, 1.54) is 44.9 Å². The summed E-state index contributed by atoms with van der Waals surface area (Å²) in [4.78, 5) is 39.1. The Morgan fingerprint density at radius 1 is 1.38 bits per heavy atom. The van der Waals surface area contributed by atoms with Crippen LogP contribution < -0.4 is 5.32 Å². The maximum absolute atomic E-state index is 12.7. The van der Waals surface area contributed by atoms with Gasteiger partial charge in [-0.3, -0.25) is 14.5 Å². The number of tetrazole rings is 1. The molecule has 10 nitrogen and oxygen atoms in total. The molecule has 1 aromatic heterocycles. The standard InChI is InChI=1S/C18H17ClN6O4S3/c1-24-18(21-22-23-24)32-7-9-6-31-16-13(15(27)25(16)14(9)17(28)29)20-12(26)8-30-11-4-2-3-10(19)5-11/h2-5,13,16H,6-8H2,1H3,(H,20,26)(H,28,29)/t13?,16-/m1/s1. The summed E-state index contributed by atoms with van der Waals surface area (Å²) in [5.41, 5.74) is 0.585. The third-order valence-electron chi connectivity index (χ3n) is 4.69. The molecule has 14 heteroatoms. The van der Waals surface area contributed by atoms with Crippen LogP contribution in [0.3, 0.4) is 0 Å². The third-order valence-corrected chi connectivity index (χ3v) is 8.35. The minimum absolute atomic E-state index is 0.0276. The second-order valence-corrected chi connectivity index (χ2v) is 10.4. The number of carboxylic acid groups (broad SMARTS) is 1. The predicted octanol–water partition coefficient (Wildman–Crippen LogP) is 1.49. The summed E-state index contributed by atoms with van der Waals surface area (Å²) in [6.07, 6.45) is 0. The van der Waals surface area contributed by atoms with Crippen LogP contribution >= 0.6 is 46.9 Å². The van der Waals surface area contributed by atoms with E-state index in [9.17, 15) is 19.5 Å². The first-order chi connectivity index (χ1) is 15.3. The van der Waals surface area contributed by atoms with Crippen LogP contribution in [0.4, 0.5) is 0 Å². The zero-order valence-corrected chi connectivity index (χ0v) is 19.8. The highest BCUT2D eigenvalue weighted by molar-refractivity contribution is 8.01. The lowest BCUT2D eigenvalue weighted by molar-refractivity contribution is -0.150. The van der Waals surface area contributed by atoms with Crippen molar-refractivity contribution in [3.8, 4) is 0 Å². The largest absolute Gasteiger partial charge is 0.477 e. The van der Waals surface area contributed by atoms with Crippen LogP contribution in [-0.4, -0.2) is 76.7 Å². The summed E-state index contributed by atoms with van der Waals surface area (Å²) in [5, 5.41) is 24.3. The average molecular weight is 513 g/mol. The third kappa shape index (κ3) is 4.75. The van der Waals surface area contributed by atoms with Gasteiger partial charge < -0.3 is 10.4 Å². The second-order valence-electron chi connectivity index (χ2n) is 6.83. The number of hydrogen-bond acceptors (Lipinski definition) is 9. The molecule has 2 aromatic rings. The highest BCUT2D eigenvalue weighted by Gasteiger charge is 2.54. The molecule has 1 unspecified atom stereocenters. The quantitative estimate of drug-likeness (QED) is 0.396. The number of aromatic nitrogens is 4. The minimum Gasteiger partial charge on any atom is -0.477 e. The van der Waals surface area contributed by atoms with Gasteiger partial charge in [0.15, 0.2) is 0 Å². The number of nitrogens with one attached hydrogen (secondary N) is 1. The van der Waals surface area contributed by atoms with E-state index >= 15 is 0 Å². The van der Waals surface area contributed by atoms with Crippen molar-refractivity contribution in [1.29, 1.82) is 0 Å². The lowest BCUT2D eigenvalue weighted by atomic mass is 10.0. The fourth-order valence-corrected chi connectivity index (χ4v) is 6.57. The van der Waals surface area contributed by atoms with Crippen molar-refractivity contribution in [2.75, 3.05) is 17.3 Å². The number of carbonyl (C=O) groups is 3. The molecule has 2 amide bonds. The molecule has 0 bridgehead atoms. The molecule has 2 N–H and O–H groups in total. The summed E-state index contributed by atoms with van der Waals surface area (Å²) in [6, 6.07) is 6.40. The molecule has 0 aliphatic carbocycles. The molecule has 0 spiro atoms. The molecule has 32 heavy (non-hydrogen) atoms. The number of fused-ring (bicyclic) bond motifs is 1.